The van der Waals surface area contributed by atoms with Gasteiger partial charge in [0.15, 0.2) is 5.82 Å². The second kappa shape index (κ2) is 6.69. The Morgan fingerprint density at radius 3 is 2.60 bits per heavy atom. The number of hydrogen-bond acceptors (Lipinski definition) is 4. The maximum absolute atomic E-state index is 5.86. The number of para-hydroxylation sites is 1. The molecule has 0 unspecified atom stereocenters. The Hall–Kier alpha value is -3.27. The van der Waals surface area contributed by atoms with Gasteiger partial charge in [0.25, 0.3) is 0 Å². The van der Waals surface area contributed by atoms with E-state index >= 15 is 0 Å². The third kappa shape index (κ3) is 3.33. The van der Waals surface area contributed by atoms with Crippen LogP contribution in [0.15, 0.2) is 72.9 Å². The van der Waals surface area contributed by atoms with Gasteiger partial charge in [0.05, 0.1) is 5.52 Å². The van der Waals surface area contributed by atoms with E-state index in [1.165, 1.54) is 5.56 Å². The van der Waals surface area contributed by atoms with Crippen LogP contribution in [0.5, 0.6) is 5.88 Å². The maximum Gasteiger partial charge on any atom is 0.214 e. The summed E-state index contributed by atoms with van der Waals surface area (Å²) in [5.41, 5.74) is 3.96. The van der Waals surface area contributed by atoms with E-state index in [0.717, 1.165) is 16.5 Å². The average molecular weight is 327 g/mol. The van der Waals surface area contributed by atoms with Crippen LogP contribution in [-0.2, 0) is 6.61 Å². The molecule has 4 heteroatoms. The first-order chi connectivity index (χ1) is 12.3. The Kier molecular flexibility index (Phi) is 4.09. The summed E-state index contributed by atoms with van der Waals surface area (Å²) < 4.78 is 5.86. The smallest absolute Gasteiger partial charge is 0.214 e. The lowest BCUT2D eigenvalue weighted by Gasteiger charge is -2.09. The predicted octanol–water partition coefficient (Wildman–Crippen LogP) is 4.58. The molecule has 0 saturated heterocycles. The number of fused-ring (bicyclic) bond motifs is 1. The van der Waals surface area contributed by atoms with Crippen LogP contribution in [0.4, 0.5) is 0 Å². The van der Waals surface area contributed by atoms with Crippen molar-refractivity contribution in [3.05, 3.63) is 84.1 Å². The van der Waals surface area contributed by atoms with Gasteiger partial charge in [-0.3, -0.25) is 0 Å². The van der Waals surface area contributed by atoms with E-state index in [1.54, 1.807) is 0 Å². The number of benzene rings is 2. The molecule has 0 atom stereocenters. The Labute approximate surface area is 146 Å². The fraction of sp³-hybridized carbons (Fsp3) is 0.0952. The summed E-state index contributed by atoms with van der Waals surface area (Å²) in [5.74, 6) is 1.16. The summed E-state index contributed by atoms with van der Waals surface area (Å²) in [6.07, 6.45) is 1.82. The molecule has 0 saturated carbocycles. The average Bonchev–Trinajstić information content (AvgIpc) is 2.67. The summed E-state index contributed by atoms with van der Waals surface area (Å²) in [6.45, 7) is 2.56. The molecule has 0 spiro atoms. The second-order valence-electron chi connectivity index (χ2n) is 5.83. The van der Waals surface area contributed by atoms with Gasteiger partial charge in [-0.15, -0.1) is 0 Å². The quantitative estimate of drug-likeness (QED) is 0.550. The predicted molar refractivity (Wildman–Crippen MR) is 98.3 cm³/mol. The van der Waals surface area contributed by atoms with E-state index in [9.17, 15) is 0 Å². The molecule has 25 heavy (non-hydrogen) atoms. The van der Waals surface area contributed by atoms with Crippen molar-refractivity contribution < 1.29 is 4.74 Å². The Bertz CT molecular complexity index is 1030. The van der Waals surface area contributed by atoms with Crippen LogP contribution >= 0.6 is 0 Å². The van der Waals surface area contributed by atoms with Gasteiger partial charge in [0.1, 0.15) is 12.3 Å². The number of ether oxygens (including phenoxy) is 1. The first-order valence-corrected chi connectivity index (χ1v) is 8.16. The SMILES string of the molecule is Cc1ccccc1COc1cccc(-c2ncc3ccccc3n2)n1. The van der Waals surface area contributed by atoms with E-state index in [1.807, 2.05) is 60.8 Å². The highest BCUT2D eigenvalue weighted by Crippen LogP contribution is 2.20. The van der Waals surface area contributed by atoms with Gasteiger partial charge in [-0.05, 0) is 30.2 Å². The Morgan fingerprint density at radius 1 is 0.840 bits per heavy atom. The van der Waals surface area contributed by atoms with Crippen molar-refractivity contribution in [1.29, 1.82) is 0 Å². The van der Waals surface area contributed by atoms with Gasteiger partial charge >= 0.3 is 0 Å². The molecule has 0 aliphatic heterocycles. The highest BCUT2D eigenvalue weighted by molar-refractivity contribution is 5.79. The number of nitrogens with zero attached hydrogens (tertiary/aromatic N) is 3. The fourth-order valence-electron chi connectivity index (χ4n) is 2.64. The minimum Gasteiger partial charge on any atom is -0.473 e. The molecule has 0 fully saturated rings. The van der Waals surface area contributed by atoms with E-state index < -0.39 is 0 Å². The lowest BCUT2D eigenvalue weighted by atomic mass is 10.1. The first kappa shape index (κ1) is 15.3. The van der Waals surface area contributed by atoms with E-state index in [4.69, 9.17) is 4.74 Å². The normalized spacial score (nSPS) is 10.8. The zero-order valence-corrected chi connectivity index (χ0v) is 13.9. The zero-order chi connectivity index (χ0) is 17.1. The van der Waals surface area contributed by atoms with Gasteiger partial charge in [-0.2, -0.15) is 0 Å². The Balaban J connectivity index is 1.59. The highest BCUT2D eigenvalue weighted by Gasteiger charge is 2.07. The molecule has 4 rings (SSSR count). The van der Waals surface area contributed by atoms with Crippen molar-refractivity contribution in [3.63, 3.8) is 0 Å². The van der Waals surface area contributed by atoms with Crippen molar-refractivity contribution in [2.24, 2.45) is 0 Å². The lowest BCUT2D eigenvalue weighted by Crippen LogP contribution is -2.00. The van der Waals surface area contributed by atoms with Gasteiger partial charge in [-0.1, -0.05) is 48.5 Å². The molecular weight excluding hydrogens is 310 g/mol. The minimum absolute atomic E-state index is 0.488. The van der Waals surface area contributed by atoms with Crippen molar-refractivity contribution in [2.45, 2.75) is 13.5 Å². The minimum atomic E-state index is 0.488. The molecule has 0 bridgehead atoms. The molecule has 2 aromatic carbocycles. The number of hydrogen-bond donors (Lipinski definition) is 0. The number of pyridine rings is 1. The summed E-state index contributed by atoms with van der Waals surface area (Å²) in [4.78, 5) is 13.6. The van der Waals surface area contributed by atoms with E-state index in [0.29, 0.717) is 24.0 Å². The fourth-order valence-corrected chi connectivity index (χ4v) is 2.64. The monoisotopic (exact) mass is 327 g/mol. The van der Waals surface area contributed by atoms with Crippen LogP contribution in [0, 0.1) is 6.92 Å². The van der Waals surface area contributed by atoms with Crippen molar-refractivity contribution >= 4 is 10.9 Å². The lowest BCUT2D eigenvalue weighted by molar-refractivity contribution is 0.293. The van der Waals surface area contributed by atoms with Crippen molar-refractivity contribution in [2.75, 3.05) is 0 Å². The molecular formula is C21H17N3O. The van der Waals surface area contributed by atoms with E-state index in [2.05, 4.69) is 34.0 Å². The van der Waals surface area contributed by atoms with Crippen LogP contribution in [0.3, 0.4) is 0 Å². The molecule has 2 heterocycles. The van der Waals surface area contributed by atoms with Gasteiger partial charge in [0, 0.05) is 17.6 Å². The second-order valence-corrected chi connectivity index (χ2v) is 5.83. The third-order valence-corrected chi connectivity index (χ3v) is 4.08. The van der Waals surface area contributed by atoms with Crippen LogP contribution in [0.1, 0.15) is 11.1 Å². The topological polar surface area (TPSA) is 47.9 Å². The molecule has 4 nitrogen and oxygen atoms in total. The molecule has 0 N–H and O–H groups in total. The molecule has 0 aliphatic rings. The number of rotatable bonds is 4. The Morgan fingerprint density at radius 2 is 1.68 bits per heavy atom. The zero-order valence-electron chi connectivity index (χ0n) is 13.9. The molecule has 4 aromatic rings. The molecule has 2 aromatic heterocycles. The molecule has 122 valence electrons. The molecule has 0 aliphatic carbocycles. The van der Waals surface area contributed by atoms with Gasteiger partial charge < -0.3 is 4.74 Å². The molecule has 0 radical (unpaired) electrons. The summed E-state index contributed by atoms with van der Waals surface area (Å²) >= 11 is 0. The number of aryl methyl sites for hydroxylation is 1. The molecule has 0 amide bonds. The van der Waals surface area contributed by atoms with Crippen molar-refractivity contribution in [1.82, 2.24) is 15.0 Å². The number of aromatic nitrogens is 3. The van der Waals surface area contributed by atoms with Crippen LogP contribution in [0.25, 0.3) is 22.4 Å². The van der Waals surface area contributed by atoms with Gasteiger partial charge in [-0.25, -0.2) is 15.0 Å². The first-order valence-electron chi connectivity index (χ1n) is 8.16. The van der Waals surface area contributed by atoms with Crippen molar-refractivity contribution in [3.8, 4) is 17.4 Å². The van der Waals surface area contributed by atoms with Gasteiger partial charge in [0.2, 0.25) is 5.88 Å². The maximum atomic E-state index is 5.86. The largest absolute Gasteiger partial charge is 0.473 e. The van der Waals surface area contributed by atoms with Crippen LogP contribution < -0.4 is 4.74 Å². The highest BCUT2D eigenvalue weighted by atomic mass is 16.5. The summed E-state index contributed by atoms with van der Waals surface area (Å²) in [5, 5.41) is 1.01. The third-order valence-electron chi connectivity index (χ3n) is 4.08. The summed E-state index contributed by atoms with van der Waals surface area (Å²) in [7, 11) is 0. The van der Waals surface area contributed by atoms with E-state index in [-0.39, 0.29) is 0 Å². The van der Waals surface area contributed by atoms with Crippen LogP contribution in [0.2, 0.25) is 0 Å². The summed E-state index contributed by atoms with van der Waals surface area (Å²) in [6, 6.07) is 21.7. The van der Waals surface area contributed by atoms with Crippen LogP contribution in [-0.4, -0.2) is 15.0 Å². The standard InChI is InChI=1S/C21H17N3O/c1-15-7-2-3-9-17(15)14-25-20-12-6-11-19(23-20)21-22-13-16-8-4-5-10-18(16)24-21/h2-13H,14H2,1H3.